The molecule has 0 bridgehead atoms. The number of carbonyl (C=O) groups is 4. The van der Waals surface area contributed by atoms with Crippen LogP contribution < -0.4 is 10.3 Å². The number of pyridine rings is 1. The molecule has 0 spiro atoms. The lowest BCUT2D eigenvalue weighted by atomic mass is 9.70. The van der Waals surface area contributed by atoms with Gasteiger partial charge in [0.15, 0.2) is 0 Å². The van der Waals surface area contributed by atoms with Crippen LogP contribution in [0.3, 0.4) is 0 Å². The number of amides is 2. The summed E-state index contributed by atoms with van der Waals surface area (Å²) in [6.07, 6.45) is 1.61. The van der Waals surface area contributed by atoms with Crippen molar-refractivity contribution in [3.63, 3.8) is 0 Å². The number of carbonyl (C=O) groups excluding carboxylic acids is 3. The second-order valence-electron chi connectivity index (χ2n) is 17.1. The summed E-state index contributed by atoms with van der Waals surface area (Å²) in [5.41, 5.74) is 0.412. The van der Waals surface area contributed by atoms with Crippen molar-refractivity contribution in [2.75, 3.05) is 89.5 Å². The summed E-state index contributed by atoms with van der Waals surface area (Å²) in [6.45, 7) is 5.60. The van der Waals surface area contributed by atoms with Gasteiger partial charge in [-0.15, -0.1) is 0 Å². The van der Waals surface area contributed by atoms with Gasteiger partial charge >= 0.3 is 18.2 Å². The van der Waals surface area contributed by atoms with Crippen LogP contribution in [-0.2, 0) is 36.6 Å². The molecule has 2 amide bonds. The van der Waals surface area contributed by atoms with Crippen LogP contribution in [0.2, 0.25) is 5.02 Å². The molecule has 0 radical (unpaired) electrons. The Balaban J connectivity index is 0.850. The monoisotopic (exact) mass is 1000 g/mol. The van der Waals surface area contributed by atoms with Crippen molar-refractivity contribution in [2.45, 2.75) is 43.7 Å². The Kier molecular flexibility index (Phi) is 17.2. The number of nitrogens with zero attached hydrogens (tertiary/aromatic N) is 5. The Hall–Kier alpha value is -5.75. The van der Waals surface area contributed by atoms with Gasteiger partial charge in [-0.05, 0) is 60.8 Å². The summed E-state index contributed by atoms with van der Waals surface area (Å²) in [6, 6.07) is 29.9. The first kappa shape index (κ1) is 51.1. The van der Waals surface area contributed by atoms with E-state index >= 15 is 4.39 Å². The van der Waals surface area contributed by atoms with Gasteiger partial charge in [0.05, 0.1) is 11.2 Å². The largest absolute Gasteiger partial charge is 0.509 e. The highest BCUT2D eigenvalue weighted by Crippen LogP contribution is 2.41. The van der Waals surface area contributed by atoms with E-state index in [4.69, 9.17) is 25.8 Å². The van der Waals surface area contributed by atoms with Gasteiger partial charge < -0.3 is 43.5 Å². The quantitative estimate of drug-likeness (QED) is 0.0507. The first-order chi connectivity index (χ1) is 33.3. The number of anilines is 1. The first-order valence-electron chi connectivity index (χ1n) is 22.9. The number of fused-ring (bicyclic) bond motifs is 1. The third kappa shape index (κ3) is 11.8. The van der Waals surface area contributed by atoms with Gasteiger partial charge in [0.2, 0.25) is 11.3 Å². The van der Waals surface area contributed by atoms with E-state index in [9.17, 15) is 29.1 Å². The Bertz CT molecular complexity index is 2610. The molecule has 1 N–H and O–H groups in total. The van der Waals surface area contributed by atoms with Gasteiger partial charge in [0.25, 0.3) is 0 Å². The number of ether oxygens (including phenoxy) is 3. The molecule has 366 valence electrons. The molecule has 69 heavy (non-hydrogen) atoms. The molecule has 18 heteroatoms. The van der Waals surface area contributed by atoms with Crippen molar-refractivity contribution in [3.8, 4) is 0 Å². The Morgan fingerprint density at radius 3 is 1.99 bits per heavy atom. The second-order valence-corrected chi connectivity index (χ2v) is 20.3. The maximum Gasteiger partial charge on any atom is 0.509 e. The Labute approximate surface area is 414 Å². The van der Waals surface area contributed by atoms with Crippen LogP contribution in [0.1, 0.15) is 53.2 Å². The van der Waals surface area contributed by atoms with Gasteiger partial charge in [-0.2, -0.15) is 0 Å². The number of aromatic carboxylic acids is 1. The smallest absolute Gasteiger partial charge is 0.477 e. The highest BCUT2D eigenvalue weighted by molar-refractivity contribution is 8.76. The van der Waals surface area contributed by atoms with Crippen LogP contribution in [0.5, 0.6) is 0 Å². The average molecular weight is 1000 g/mol. The number of likely N-dealkylation sites (tertiary alicyclic amines) is 1. The predicted molar refractivity (Wildman–Crippen MR) is 269 cm³/mol. The molecule has 0 unspecified atom stereocenters. The van der Waals surface area contributed by atoms with Gasteiger partial charge in [-0.1, -0.05) is 106 Å². The van der Waals surface area contributed by atoms with Crippen LogP contribution in [0, 0.1) is 5.82 Å². The number of hydrogen-bond acceptors (Lipinski definition) is 12. The molecule has 1 aromatic heterocycles. The summed E-state index contributed by atoms with van der Waals surface area (Å²) in [4.78, 5) is 72.1. The molecule has 7 rings (SSSR count). The third-order valence-electron chi connectivity index (χ3n) is 12.9. The normalized spacial score (nSPS) is 15.1. The summed E-state index contributed by atoms with van der Waals surface area (Å²) in [5, 5.41) is 10.0. The fourth-order valence-electron chi connectivity index (χ4n) is 9.21. The van der Waals surface area contributed by atoms with E-state index in [1.807, 2.05) is 72.8 Å². The first-order valence-corrected chi connectivity index (χ1v) is 25.8. The van der Waals surface area contributed by atoms with E-state index in [-0.39, 0.29) is 30.2 Å². The molecular weight excluding hydrogens is 945 g/mol. The van der Waals surface area contributed by atoms with Crippen molar-refractivity contribution < 1.29 is 42.9 Å². The minimum Gasteiger partial charge on any atom is -0.477 e. The maximum absolute atomic E-state index is 15.3. The molecule has 14 nitrogen and oxygen atoms in total. The summed E-state index contributed by atoms with van der Waals surface area (Å²) < 4.78 is 34.2. The maximum atomic E-state index is 15.3. The number of piperidine rings is 1. The molecule has 0 atom stereocenters. The lowest BCUT2D eigenvalue weighted by Crippen LogP contribution is -2.49. The van der Waals surface area contributed by atoms with Gasteiger partial charge in [0.1, 0.15) is 35.6 Å². The molecule has 0 aliphatic carbocycles. The molecule has 5 aromatic rings. The fraction of sp³-hybridized carbons (Fsp3) is 0.392. The summed E-state index contributed by atoms with van der Waals surface area (Å²) in [7, 11) is 6.55. The summed E-state index contributed by atoms with van der Waals surface area (Å²) >= 11 is 6.27. The molecule has 0 saturated carbocycles. The van der Waals surface area contributed by atoms with Crippen molar-refractivity contribution in [3.05, 3.63) is 147 Å². The van der Waals surface area contributed by atoms with Crippen LogP contribution in [0.25, 0.3) is 10.9 Å². The third-order valence-corrected chi connectivity index (χ3v) is 15.5. The van der Waals surface area contributed by atoms with E-state index in [1.54, 1.807) is 58.5 Å². The molecular formula is C51H57ClFN5O9S2. The number of aryl methyl sites for hydroxylation is 1. The lowest BCUT2D eigenvalue weighted by molar-refractivity contribution is -0.134. The number of halogens is 2. The number of carboxylic acid groups (broad SMARTS) is 1. The van der Waals surface area contributed by atoms with Gasteiger partial charge in [-0.3, -0.25) is 9.59 Å². The molecule has 2 fully saturated rings. The highest BCUT2D eigenvalue weighted by atomic mass is 35.5. The number of carboxylic acids is 1. The van der Waals surface area contributed by atoms with Crippen molar-refractivity contribution in [1.82, 2.24) is 19.3 Å². The van der Waals surface area contributed by atoms with E-state index < -0.39 is 46.0 Å². The van der Waals surface area contributed by atoms with Gasteiger partial charge in [-0.25, -0.2) is 18.8 Å². The zero-order valence-electron chi connectivity index (χ0n) is 38.9. The molecule has 2 aliphatic rings. The summed E-state index contributed by atoms with van der Waals surface area (Å²) in [5.74, 6) is -1.02. The Morgan fingerprint density at radius 2 is 1.42 bits per heavy atom. The average Bonchev–Trinajstić information content (AvgIpc) is 3.36. The van der Waals surface area contributed by atoms with E-state index in [0.717, 1.165) is 22.8 Å². The minimum atomic E-state index is -1.37. The SMILES string of the molecule is CCn1cc(C(=O)O)c(=O)c2cc(F)c(N3CCN(C(=O)OCCSSCCOC(=O)OC4(c5ccc(Cl)cc5)CCN(CCC(C(=O)N(C)C)(c5ccccc5)c5ccccc5)CC4)CC3)cc21. The molecule has 2 saturated heterocycles. The molecule has 2 aliphatic heterocycles. The van der Waals surface area contributed by atoms with E-state index in [0.29, 0.717) is 93.7 Å². The fourth-order valence-corrected chi connectivity index (χ4v) is 11.0. The minimum absolute atomic E-state index is 0.00340. The zero-order valence-corrected chi connectivity index (χ0v) is 41.3. The van der Waals surface area contributed by atoms with Gasteiger partial charge in [0, 0.05) is 101 Å². The number of aromatic nitrogens is 1. The van der Waals surface area contributed by atoms with Crippen LogP contribution in [-0.4, -0.2) is 133 Å². The molecule has 3 heterocycles. The van der Waals surface area contributed by atoms with Crippen molar-refractivity contribution in [2.24, 2.45) is 0 Å². The number of benzene rings is 4. The highest BCUT2D eigenvalue weighted by Gasteiger charge is 2.45. The van der Waals surface area contributed by atoms with Crippen molar-refractivity contribution >= 4 is 73.9 Å². The van der Waals surface area contributed by atoms with E-state index in [2.05, 4.69) is 4.90 Å². The lowest BCUT2D eigenvalue weighted by Gasteiger charge is -2.43. The molecule has 4 aromatic carbocycles. The Morgan fingerprint density at radius 1 is 0.826 bits per heavy atom. The van der Waals surface area contributed by atoms with Crippen molar-refractivity contribution in [1.29, 1.82) is 0 Å². The van der Waals surface area contributed by atoms with Crippen LogP contribution in [0.15, 0.2) is 108 Å². The number of rotatable bonds is 18. The standard InChI is InChI=1S/C51H57ClFN5O9S2/c1-4-56-35-41(46(60)61)45(59)40-33-42(53)44(34-43(40)56)57-25-27-58(28-26-57)48(63)65-29-31-68-69-32-30-66-49(64)67-50(36-15-17-39(52)18-16-36)19-22-55(23-20-50)24-21-51(47(62)54(2)3,37-11-7-5-8-12-37)38-13-9-6-10-14-38/h5-18,33-35H,4,19-32H2,1-3H3,(H,60,61). The zero-order chi connectivity index (χ0) is 49.1. The number of likely N-dealkylation sites (N-methyl/N-ethyl adjacent to an activating group) is 1. The van der Waals surface area contributed by atoms with E-state index in [1.165, 1.54) is 27.8 Å². The number of hydrogen-bond donors (Lipinski definition) is 1. The van der Waals surface area contributed by atoms with Crippen LogP contribution >= 0.6 is 33.2 Å². The predicted octanol–water partition coefficient (Wildman–Crippen LogP) is 8.76. The topological polar surface area (TPSA) is 151 Å². The second kappa shape index (κ2) is 23.2. The number of piperazine rings is 1. The van der Waals surface area contributed by atoms with Crippen LogP contribution in [0.4, 0.5) is 19.7 Å².